The molecule has 0 atom stereocenters. The molecule has 3 rings (SSSR count). The molecule has 0 unspecified atom stereocenters. The Morgan fingerprint density at radius 2 is 1.88 bits per heavy atom. The van der Waals surface area contributed by atoms with Crippen molar-refractivity contribution >= 4 is 54.9 Å². The van der Waals surface area contributed by atoms with E-state index in [-0.39, 0.29) is 22.8 Å². The third-order valence-corrected chi connectivity index (χ3v) is 5.77. The number of halogens is 1. The fourth-order valence-electron chi connectivity index (χ4n) is 2.83. The fourth-order valence-corrected chi connectivity index (χ4v) is 4.14. The van der Waals surface area contributed by atoms with Gasteiger partial charge in [0.25, 0.3) is 0 Å². The second-order valence-corrected chi connectivity index (χ2v) is 7.65. The first kappa shape index (κ1) is 17.6. The number of rotatable bonds is 4. The Morgan fingerprint density at radius 1 is 1.24 bits per heavy atom. The first-order chi connectivity index (χ1) is 11.8. The van der Waals surface area contributed by atoms with Crippen LogP contribution in [0, 0.1) is 13.8 Å². The standard InChI is InChI=1S/C18H15BrN2O3S/c1-8-12(7-13(22)10-3-5-11(19)6-4-10)9(2)21-17-14(8)15(20)16(25-17)18(23)24/h3-6H,7,20H2,1-2H3,(H,23,24). The normalized spacial score (nSPS) is 11.0. The van der Waals surface area contributed by atoms with Gasteiger partial charge in [-0.3, -0.25) is 4.79 Å². The fraction of sp³-hybridized carbons (Fsp3) is 0.167. The quantitative estimate of drug-likeness (QED) is 0.613. The van der Waals surface area contributed by atoms with Gasteiger partial charge in [0.05, 0.1) is 5.69 Å². The zero-order valence-electron chi connectivity index (χ0n) is 13.6. The van der Waals surface area contributed by atoms with Gasteiger partial charge in [0.2, 0.25) is 0 Å². The first-order valence-corrected chi connectivity index (χ1v) is 9.10. The molecule has 128 valence electrons. The first-order valence-electron chi connectivity index (χ1n) is 7.49. The smallest absolute Gasteiger partial charge is 0.348 e. The van der Waals surface area contributed by atoms with E-state index in [0.717, 1.165) is 26.9 Å². The van der Waals surface area contributed by atoms with Gasteiger partial charge in [-0.15, -0.1) is 11.3 Å². The van der Waals surface area contributed by atoms with Crippen molar-refractivity contribution in [1.29, 1.82) is 0 Å². The number of pyridine rings is 1. The summed E-state index contributed by atoms with van der Waals surface area (Å²) in [5, 5.41) is 9.89. The van der Waals surface area contributed by atoms with Gasteiger partial charge in [-0.2, -0.15) is 0 Å². The number of hydrogen-bond acceptors (Lipinski definition) is 5. The van der Waals surface area contributed by atoms with E-state index in [1.165, 1.54) is 0 Å². The van der Waals surface area contributed by atoms with Gasteiger partial charge in [-0.25, -0.2) is 9.78 Å². The number of anilines is 1. The van der Waals surface area contributed by atoms with Crippen LogP contribution in [0.15, 0.2) is 28.7 Å². The molecule has 0 aliphatic rings. The van der Waals surface area contributed by atoms with E-state index in [1.54, 1.807) is 12.1 Å². The monoisotopic (exact) mass is 418 g/mol. The summed E-state index contributed by atoms with van der Waals surface area (Å²) in [6.07, 6.45) is 0.194. The molecule has 2 aromatic heterocycles. The zero-order chi connectivity index (χ0) is 18.3. The van der Waals surface area contributed by atoms with Crippen molar-refractivity contribution in [3.8, 4) is 0 Å². The van der Waals surface area contributed by atoms with Crippen LogP contribution in [0.2, 0.25) is 0 Å². The van der Waals surface area contributed by atoms with Crippen LogP contribution < -0.4 is 5.73 Å². The number of carbonyl (C=O) groups excluding carboxylic acids is 1. The minimum atomic E-state index is -1.06. The molecule has 0 spiro atoms. The summed E-state index contributed by atoms with van der Waals surface area (Å²) in [4.78, 5) is 29.1. The van der Waals surface area contributed by atoms with E-state index in [9.17, 15) is 14.7 Å². The summed E-state index contributed by atoms with van der Waals surface area (Å²) < 4.78 is 0.909. The molecule has 3 N–H and O–H groups in total. The molecule has 0 saturated heterocycles. The molecular weight excluding hydrogens is 404 g/mol. The molecule has 3 aromatic rings. The number of fused-ring (bicyclic) bond motifs is 1. The van der Waals surface area contributed by atoms with Crippen LogP contribution in [-0.2, 0) is 6.42 Å². The average Bonchev–Trinajstić information content (AvgIpc) is 2.88. The third-order valence-electron chi connectivity index (χ3n) is 4.16. The van der Waals surface area contributed by atoms with Crippen LogP contribution in [-0.4, -0.2) is 21.8 Å². The predicted molar refractivity (Wildman–Crippen MR) is 103 cm³/mol. The number of aromatic carboxylic acids is 1. The summed E-state index contributed by atoms with van der Waals surface area (Å²) in [7, 11) is 0. The molecule has 7 heteroatoms. The number of ketones is 1. The lowest BCUT2D eigenvalue weighted by Crippen LogP contribution is -2.08. The maximum Gasteiger partial charge on any atom is 0.348 e. The van der Waals surface area contributed by atoms with Crippen molar-refractivity contribution in [2.24, 2.45) is 0 Å². The highest BCUT2D eigenvalue weighted by molar-refractivity contribution is 9.10. The molecule has 2 heterocycles. The van der Waals surface area contributed by atoms with Crippen LogP contribution in [0.25, 0.3) is 10.2 Å². The molecule has 5 nitrogen and oxygen atoms in total. The number of carboxylic acids is 1. The maximum atomic E-state index is 12.6. The minimum absolute atomic E-state index is 0.0212. The number of carbonyl (C=O) groups is 2. The SMILES string of the molecule is Cc1nc2sc(C(=O)O)c(N)c2c(C)c1CC(=O)c1ccc(Br)cc1. The molecular formula is C18H15BrN2O3S. The molecule has 0 saturated carbocycles. The summed E-state index contributed by atoms with van der Waals surface area (Å²) in [6, 6.07) is 7.18. The lowest BCUT2D eigenvalue weighted by molar-refractivity contribution is 0.0703. The van der Waals surface area contributed by atoms with Crippen LogP contribution in [0.3, 0.4) is 0 Å². The molecule has 1 aromatic carbocycles. The predicted octanol–water partition coefficient (Wildman–Crippen LogP) is 4.38. The molecule has 25 heavy (non-hydrogen) atoms. The largest absolute Gasteiger partial charge is 0.477 e. The van der Waals surface area contributed by atoms with Gasteiger partial charge < -0.3 is 10.8 Å². The van der Waals surface area contributed by atoms with E-state index in [1.807, 2.05) is 26.0 Å². The molecule has 0 amide bonds. The van der Waals surface area contributed by atoms with Gasteiger partial charge in [0.1, 0.15) is 9.71 Å². The number of nitrogens with two attached hydrogens (primary N) is 1. The summed E-state index contributed by atoms with van der Waals surface area (Å²) in [5.41, 5.74) is 9.18. The number of nitrogens with zero attached hydrogens (tertiary/aromatic N) is 1. The Labute approximate surface area is 156 Å². The van der Waals surface area contributed by atoms with Gasteiger partial charge in [-0.05, 0) is 37.1 Å². The van der Waals surface area contributed by atoms with Crippen molar-refractivity contribution in [2.45, 2.75) is 20.3 Å². The Hall–Kier alpha value is -2.25. The zero-order valence-corrected chi connectivity index (χ0v) is 16.0. The minimum Gasteiger partial charge on any atom is -0.477 e. The number of carboxylic acid groups (broad SMARTS) is 1. The Morgan fingerprint density at radius 3 is 2.48 bits per heavy atom. The lowest BCUT2D eigenvalue weighted by atomic mass is 9.96. The molecule has 0 bridgehead atoms. The number of nitrogen functional groups attached to an aromatic ring is 1. The van der Waals surface area contributed by atoms with Crippen LogP contribution in [0.4, 0.5) is 5.69 Å². The van der Waals surface area contributed by atoms with Crippen molar-refractivity contribution in [3.05, 3.63) is 56.0 Å². The van der Waals surface area contributed by atoms with Gasteiger partial charge in [0, 0.05) is 27.5 Å². The second-order valence-electron chi connectivity index (χ2n) is 5.74. The van der Waals surface area contributed by atoms with Gasteiger partial charge in [0.15, 0.2) is 5.78 Å². The van der Waals surface area contributed by atoms with Crippen LogP contribution in [0.5, 0.6) is 0 Å². The number of aryl methyl sites for hydroxylation is 2. The molecule has 0 aliphatic heterocycles. The number of thiophene rings is 1. The Bertz CT molecular complexity index is 1010. The van der Waals surface area contributed by atoms with Gasteiger partial charge in [-0.1, -0.05) is 28.1 Å². The van der Waals surface area contributed by atoms with E-state index in [4.69, 9.17) is 5.73 Å². The second kappa shape index (κ2) is 6.57. The molecule has 0 aliphatic carbocycles. The average molecular weight is 419 g/mol. The lowest BCUT2D eigenvalue weighted by Gasteiger charge is -2.11. The van der Waals surface area contributed by atoms with Crippen LogP contribution >= 0.6 is 27.3 Å². The Balaban J connectivity index is 2.07. The number of benzene rings is 1. The molecule has 0 fully saturated rings. The maximum absolute atomic E-state index is 12.6. The Kier molecular flexibility index (Phi) is 4.62. The van der Waals surface area contributed by atoms with E-state index < -0.39 is 5.97 Å². The summed E-state index contributed by atoms with van der Waals surface area (Å²) in [6.45, 7) is 3.68. The van der Waals surface area contributed by atoms with E-state index in [2.05, 4.69) is 20.9 Å². The molecule has 0 radical (unpaired) electrons. The van der Waals surface area contributed by atoms with Crippen molar-refractivity contribution in [1.82, 2.24) is 4.98 Å². The summed E-state index contributed by atoms with van der Waals surface area (Å²) in [5.74, 6) is -1.09. The summed E-state index contributed by atoms with van der Waals surface area (Å²) >= 11 is 4.41. The van der Waals surface area contributed by atoms with Crippen molar-refractivity contribution in [3.63, 3.8) is 0 Å². The third kappa shape index (κ3) is 3.17. The highest BCUT2D eigenvalue weighted by Crippen LogP contribution is 2.37. The highest BCUT2D eigenvalue weighted by Gasteiger charge is 2.21. The number of Topliss-reactive ketones (excluding diaryl/α,β-unsaturated/α-hetero) is 1. The number of hydrogen-bond donors (Lipinski definition) is 2. The van der Waals surface area contributed by atoms with Crippen molar-refractivity contribution < 1.29 is 14.7 Å². The highest BCUT2D eigenvalue weighted by atomic mass is 79.9. The van der Waals surface area contributed by atoms with Crippen LogP contribution in [0.1, 0.15) is 36.9 Å². The van der Waals surface area contributed by atoms with Gasteiger partial charge >= 0.3 is 5.97 Å². The van der Waals surface area contributed by atoms with Crippen molar-refractivity contribution in [2.75, 3.05) is 5.73 Å². The number of aromatic nitrogens is 1. The topological polar surface area (TPSA) is 93.3 Å². The van der Waals surface area contributed by atoms with E-state index in [0.29, 0.717) is 21.5 Å². The van der Waals surface area contributed by atoms with E-state index >= 15 is 0 Å².